The Labute approximate surface area is 58.0 Å². The molecule has 0 radical (unpaired) electrons. The number of alkyl halides is 2. The third-order valence-corrected chi connectivity index (χ3v) is 2.90. The van der Waals surface area contributed by atoms with Gasteiger partial charge >= 0.3 is 0 Å². The average Bonchev–Trinajstić information content (AvgIpc) is 1.60. The first-order valence-corrected chi connectivity index (χ1v) is 4.23. The van der Waals surface area contributed by atoms with Crippen LogP contribution in [0.25, 0.3) is 0 Å². The molecule has 1 aliphatic rings. The minimum Gasteiger partial charge on any atom is -0.210 e. The summed E-state index contributed by atoms with van der Waals surface area (Å²) in [4.78, 5) is 0. The molecule has 0 amide bonds. The first-order chi connectivity index (χ1) is 4.29. The highest BCUT2D eigenvalue weighted by molar-refractivity contribution is 8.00. The lowest BCUT2D eigenvalue weighted by atomic mass is 10.0. The molecule has 0 atom stereocenters. The van der Waals surface area contributed by atoms with Gasteiger partial charge < -0.3 is 0 Å². The van der Waals surface area contributed by atoms with Gasteiger partial charge in [-0.1, -0.05) is 6.42 Å². The van der Waals surface area contributed by atoms with Gasteiger partial charge in [-0.15, -0.1) is 0 Å². The highest BCUT2D eigenvalue weighted by Gasteiger charge is 2.18. The van der Waals surface area contributed by atoms with Crippen LogP contribution >= 0.6 is 11.8 Å². The smallest absolute Gasteiger partial charge is 0.210 e. The van der Waals surface area contributed by atoms with Crippen LogP contribution < -0.4 is 0 Å². The highest BCUT2D eigenvalue weighted by Crippen LogP contribution is 2.31. The molecule has 9 heavy (non-hydrogen) atoms. The minimum atomic E-state index is -2.12. The first kappa shape index (κ1) is 7.32. The fraction of sp³-hybridized carbons (Fsp3) is 1.00. The van der Waals surface area contributed by atoms with Gasteiger partial charge in [0.25, 0.3) is 0 Å². The Morgan fingerprint density at radius 2 is 2.11 bits per heavy atom. The maximum Gasteiger partial charge on any atom is 0.247 e. The van der Waals surface area contributed by atoms with E-state index in [1.165, 1.54) is 18.2 Å². The lowest BCUT2D eigenvalue weighted by Crippen LogP contribution is -2.15. The number of halogens is 2. The summed E-state index contributed by atoms with van der Waals surface area (Å²) in [5, 5.41) is 0.555. The van der Waals surface area contributed by atoms with Gasteiger partial charge in [0.2, 0.25) is 6.43 Å². The van der Waals surface area contributed by atoms with E-state index in [2.05, 4.69) is 0 Å². The molecule has 0 nitrogen and oxygen atoms in total. The first-order valence-electron chi connectivity index (χ1n) is 3.19. The SMILES string of the molecule is FC(F)CSC1CCC1. The molecule has 0 saturated heterocycles. The van der Waals surface area contributed by atoms with Crippen molar-refractivity contribution in [1.29, 1.82) is 0 Å². The van der Waals surface area contributed by atoms with E-state index < -0.39 is 6.43 Å². The molecule has 1 rings (SSSR count). The monoisotopic (exact) mass is 152 g/mol. The van der Waals surface area contributed by atoms with Gasteiger partial charge in [0.1, 0.15) is 0 Å². The summed E-state index contributed by atoms with van der Waals surface area (Å²) in [6, 6.07) is 0. The average molecular weight is 152 g/mol. The third-order valence-electron chi connectivity index (χ3n) is 1.51. The number of thioether (sulfide) groups is 1. The van der Waals surface area contributed by atoms with Crippen molar-refractivity contribution in [3.8, 4) is 0 Å². The van der Waals surface area contributed by atoms with Crippen molar-refractivity contribution in [2.45, 2.75) is 30.9 Å². The Kier molecular flexibility index (Phi) is 2.76. The summed E-state index contributed by atoms with van der Waals surface area (Å²) < 4.78 is 23.1. The second-order valence-electron chi connectivity index (χ2n) is 2.28. The van der Waals surface area contributed by atoms with Crippen molar-refractivity contribution in [1.82, 2.24) is 0 Å². The van der Waals surface area contributed by atoms with E-state index in [0.717, 1.165) is 12.8 Å². The van der Waals surface area contributed by atoms with Crippen LogP contribution in [0.3, 0.4) is 0 Å². The van der Waals surface area contributed by atoms with Crippen LogP contribution in [-0.4, -0.2) is 17.4 Å². The molecule has 1 fully saturated rings. The van der Waals surface area contributed by atoms with Crippen molar-refractivity contribution in [3.63, 3.8) is 0 Å². The molecule has 0 aromatic carbocycles. The predicted molar refractivity (Wildman–Crippen MR) is 36.1 cm³/mol. The van der Waals surface area contributed by atoms with Gasteiger partial charge in [-0.3, -0.25) is 0 Å². The molecule has 0 unspecified atom stereocenters. The Hall–Kier alpha value is 0.210. The van der Waals surface area contributed by atoms with Crippen LogP contribution in [0.2, 0.25) is 0 Å². The topological polar surface area (TPSA) is 0 Å². The Morgan fingerprint density at radius 3 is 2.44 bits per heavy atom. The quantitative estimate of drug-likeness (QED) is 0.598. The van der Waals surface area contributed by atoms with Crippen LogP contribution in [0.15, 0.2) is 0 Å². The fourth-order valence-corrected chi connectivity index (χ4v) is 1.83. The number of rotatable bonds is 3. The largest absolute Gasteiger partial charge is 0.247 e. The van der Waals surface area contributed by atoms with Gasteiger partial charge in [-0.05, 0) is 12.8 Å². The molecule has 0 aliphatic heterocycles. The molecule has 3 heteroatoms. The summed E-state index contributed by atoms with van der Waals surface area (Å²) in [5.74, 6) is 0.0324. The van der Waals surface area contributed by atoms with E-state index in [0.29, 0.717) is 5.25 Å². The molecule has 1 aliphatic carbocycles. The summed E-state index contributed by atoms with van der Waals surface area (Å²) >= 11 is 1.42. The highest BCUT2D eigenvalue weighted by atomic mass is 32.2. The van der Waals surface area contributed by atoms with E-state index in [-0.39, 0.29) is 5.75 Å². The van der Waals surface area contributed by atoms with E-state index in [4.69, 9.17) is 0 Å². The second kappa shape index (κ2) is 3.40. The van der Waals surface area contributed by atoms with Gasteiger partial charge in [-0.2, -0.15) is 11.8 Å². The maximum atomic E-state index is 11.5. The predicted octanol–water partition coefficient (Wildman–Crippen LogP) is 2.54. The van der Waals surface area contributed by atoms with Crippen LogP contribution in [0.1, 0.15) is 19.3 Å². The molecule has 54 valence electrons. The van der Waals surface area contributed by atoms with Crippen LogP contribution in [0.4, 0.5) is 8.78 Å². The molecule has 0 spiro atoms. The Balaban J connectivity index is 1.91. The number of hydrogen-bond acceptors (Lipinski definition) is 1. The van der Waals surface area contributed by atoms with E-state index in [1.807, 2.05) is 0 Å². The molecule has 0 N–H and O–H groups in total. The van der Waals surface area contributed by atoms with Crippen LogP contribution in [-0.2, 0) is 0 Å². The Morgan fingerprint density at radius 1 is 1.44 bits per heavy atom. The summed E-state index contributed by atoms with van der Waals surface area (Å²) in [7, 11) is 0. The van der Waals surface area contributed by atoms with Gasteiger partial charge in [0.15, 0.2) is 0 Å². The van der Waals surface area contributed by atoms with Crippen LogP contribution in [0, 0.1) is 0 Å². The molecule has 1 saturated carbocycles. The minimum absolute atomic E-state index is 0.0324. The van der Waals surface area contributed by atoms with Gasteiger partial charge in [-0.25, -0.2) is 8.78 Å². The van der Waals surface area contributed by atoms with Crippen molar-refractivity contribution >= 4 is 11.8 Å². The summed E-state index contributed by atoms with van der Waals surface area (Å²) in [6.07, 6.45) is 1.42. The third kappa shape index (κ3) is 2.52. The summed E-state index contributed by atoms with van der Waals surface area (Å²) in [6.45, 7) is 0. The number of hydrogen-bond donors (Lipinski definition) is 0. The van der Waals surface area contributed by atoms with E-state index in [9.17, 15) is 8.78 Å². The zero-order chi connectivity index (χ0) is 6.69. The van der Waals surface area contributed by atoms with Gasteiger partial charge in [0, 0.05) is 5.25 Å². The van der Waals surface area contributed by atoms with Crippen molar-refractivity contribution < 1.29 is 8.78 Å². The van der Waals surface area contributed by atoms with E-state index >= 15 is 0 Å². The molecule has 0 aromatic heterocycles. The normalized spacial score (nSPS) is 20.3. The standard InChI is InChI=1S/C6H10F2S/c7-6(8)4-9-5-2-1-3-5/h5-6H,1-4H2. The van der Waals surface area contributed by atoms with Crippen molar-refractivity contribution in [2.75, 3.05) is 5.75 Å². The second-order valence-corrected chi connectivity index (χ2v) is 3.61. The van der Waals surface area contributed by atoms with Crippen molar-refractivity contribution in [2.24, 2.45) is 0 Å². The molecular weight excluding hydrogens is 142 g/mol. The van der Waals surface area contributed by atoms with E-state index in [1.54, 1.807) is 0 Å². The van der Waals surface area contributed by atoms with Crippen LogP contribution in [0.5, 0.6) is 0 Å². The zero-order valence-electron chi connectivity index (χ0n) is 5.15. The van der Waals surface area contributed by atoms with Gasteiger partial charge in [0.05, 0.1) is 5.75 Å². The lowest BCUT2D eigenvalue weighted by Gasteiger charge is -2.24. The molecule has 0 aromatic rings. The maximum absolute atomic E-state index is 11.5. The fourth-order valence-electron chi connectivity index (χ4n) is 0.746. The van der Waals surface area contributed by atoms with Crippen molar-refractivity contribution in [3.05, 3.63) is 0 Å². The summed E-state index contributed by atoms with van der Waals surface area (Å²) in [5.41, 5.74) is 0. The molecule has 0 bridgehead atoms. The molecular formula is C6H10F2S. The zero-order valence-corrected chi connectivity index (χ0v) is 5.96. The Bertz CT molecular complexity index is 81.1. The lowest BCUT2D eigenvalue weighted by molar-refractivity contribution is 0.176. The molecule has 0 heterocycles.